The molecule has 1 aliphatic rings. The summed E-state index contributed by atoms with van der Waals surface area (Å²) in [5, 5.41) is 6.72. The maximum atomic E-state index is 12.0. The molecule has 1 aromatic rings. The van der Waals surface area contributed by atoms with Crippen LogP contribution in [-0.2, 0) is 11.3 Å². The van der Waals surface area contributed by atoms with E-state index in [1.807, 2.05) is 20.8 Å². The number of hydrogen-bond donors (Lipinski definition) is 1. The fourth-order valence-corrected chi connectivity index (χ4v) is 2.18. The first-order chi connectivity index (χ1) is 9.87. The molecule has 1 aliphatic heterocycles. The first-order valence-corrected chi connectivity index (χ1v) is 7.07. The summed E-state index contributed by atoms with van der Waals surface area (Å²) in [5.41, 5.74) is 0.857. The molecule has 1 aromatic heterocycles. The number of aromatic amines is 1. The maximum absolute atomic E-state index is 12.0. The highest BCUT2D eigenvalue weighted by atomic mass is 16.6. The first-order valence-electron chi connectivity index (χ1n) is 7.07. The molecule has 7 heteroatoms. The Morgan fingerprint density at radius 1 is 1.38 bits per heavy atom. The number of H-pyrrole nitrogens is 1. The zero-order chi connectivity index (χ0) is 15.5. The van der Waals surface area contributed by atoms with E-state index >= 15 is 0 Å². The van der Waals surface area contributed by atoms with Gasteiger partial charge in [0, 0.05) is 38.4 Å². The molecule has 1 fully saturated rings. The van der Waals surface area contributed by atoms with E-state index in [1.165, 1.54) is 0 Å². The zero-order valence-electron chi connectivity index (χ0n) is 12.8. The van der Waals surface area contributed by atoms with Crippen molar-refractivity contribution in [1.82, 2.24) is 20.0 Å². The predicted octanol–water partition coefficient (Wildman–Crippen LogP) is 1.27. The molecule has 7 nitrogen and oxygen atoms in total. The van der Waals surface area contributed by atoms with Gasteiger partial charge < -0.3 is 9.64 Å². The van der Waals surface area contributed by atoms with Crippen molar-refractivity contribution in [3.63, 3.8) is 0 Å². The molecule has 0 aliphatic carbocycles. The van der Waals surface area contributed by atoms with Gasteiger partial charge in [-0.25, -0.2) is 4.79 Å². The molecule has 0 atom stereocenters. The second-order valence-corrected chi connectivity index (χ2v) is 6.18. The zero-order valence-corrected chi connectivity index (χ0v) is 12.8. The van der Waals surface area contributed by atoms with Crippen LogP contribution in [0.4, 0.5) is 4.79 Å². The molecular weight excluding hydrogens is 272 g/mol. The molecule has 1 N–H and O–H groups in total. The van der Waals surface area contributed by atoms with E-state index in [1.54, 1.807) is 11.0 Å². The Bertz CT molecular complexity index is 499. The molecule has 2 heterocycles. The van der Waals surface area contributed by atoms with Crippen LogP contribution in [0.25, 0.3) is 0 Å². The van der Waals surface area contributed by atoms with Crippen LogP contribution < -0.4 is 0 Å². The van der Waals surface area contributed by atoms with Gasteiger partial charge in [-0.1, -0.05) is 0 Å². The third kappa shape index (κ3) is 4.56. The van der Waals surface area contributed by atoms with E-state index in [2.05, 4.69) is 15.1 Å². The van der Waals surface area contributed by atoms with E-state index in [9.17, 15) is 9.59 Å². The highest BCUT2D eigenvalue weighted by molar-refractivity contribution is 5.71. The highest BCUT2D eigenvalue weighted by Gasteiger charge is 2.25. The van der Waals surface area contributed by atoms with Crippen molar-refractivity contribution < 1.29 is 14.3 Å². The van der Waals surface area contributed by atoms with Crippen LogP contribution in [0.5, 0.6) is 0 Å². The summed E-state index contributed by atoms with van der Waals surface area (Å²) in [6.07, 6.45) is 0.465. The summed E-state index contributed by atoms with van der Waals surface area (Å²) >= 11 is 0. The first kappa shape index (κ1) is 15.5. The number of rotatable bonds is 3. The van der Waals surface area contributed by atoms with Crippen LogP contribution in [0.1, 0.15) is 37.0 Å². The number of aromatic nitrogens is 2. The van der Waals surface area contributed by atoms with Crippen molar-refractivity contribution in [3.8, 4) is 0 Å². The van der Waals surface area contributed by atoms with Crippen LogP contribution in [0.2, 0.25) is 0 Å². The molecule has 0 unspecified atom stereocenters. The lowest BCUT2D eigenvalue weighted by molar-refractivity contribution is 0.0138. The van der Waals surface area contributed by atoms with Crippen LogP contribution in [0.3, 0.4) is 0 Å². The average molecular weight is 294 g/mol. The third-order valence-corrected chi connectivity index (χ3v) is 3.19. The monoisotopic (exact) mass is 294 g/mol. The summed E-state index contributed by atoms with van der Waals surface area (Å²) in [6.45, 7) is 9.12. The van der Waals surface area contributed by atoms with Crippen molar-refractivity contribution in [2.45, 2.75) is 32.9 Å². The van der Waals surface area contributed by atoms with Gasteiger partial charge in [0.25, 0.3) is 0 Å². The van der Waals surface area contributed by atoms with Crippen LogP contribution in [0.15, 0.2) is 6.07 Å². The van der Waals surface area contributed by atoms with Gasteiger partial charge in [0.05, 0.1) is 0 Å². The topological polar surface area (TPSA) is 78.5 Å². The van der Waals surface area contributed by atoms with Gasteiger partial charge in [-0.05, 0) is 26.8 Å². The molecule has 0 spiro atoms. The summed E-state index contributed by atoms with van der Waals surface area (Å²) in [6, 6.07) is 1.74. The minimum Gasteiger partial charge on any atom is -0.444 e. The minimum absolute atomic E-state index is 0.257. The van der Waals surface area contributed by atoms with Gasteiger partial charge in [0.1, 0.15) is 11.3 Å². The number of carbonyl (C=O) groups excluding carboxylic acids is 2. The van der Waals surface area contributed by atoms with Crippen molar-refractivity contribution >= 4 is 12.4 Å². The van der Waals surface area contributed by atoms with Gasteiger partial charge in [0.2, 0.25) is 0 Å². The molecule has 0 bridgehead atoms. The number of carbonyl (C=O) groups is 2. The Kier molecular flexibility index (Phi) is 4.62. The molecule has 0 saturated carbocycles. The minimum atomic E-state index is -0.463. The Morgan fingerprint density at radius 3 is 2.57 bits per heavy atom. The summed E-state index contributed by atoms with van der Waals surface area (Å²) in [7, 11) is 0. The predicted molar refractivity (Wildman–Crippen MR) is 77.1 cm³/mol. The fourth-order valence-electron chi connectivity index (χ4n) is 2.18. The Hall–Kier alpha value is -1.89. The molecule has 1 amide bonds. The molecule has 21 heavy (non-hydrogen) atoms. The van der Waals surface area contributed by atoms with E-state index in [0.717, 1.165) is 25.1 Å². The van der Waals surface area contributed by atoms with E-state index in [-0.39, 0.29) is 6.09 Å². The average Bonchev–Trinajstić information content (AvgIpc) is 2.85. The molecule has 2 rings (SSSR count). The normalized spacial score (nSPS) is 16.8. The fraction of sp³-hybridized carbons (Fsp3) is 0.643. The Labute approximate surface area is 124 Å². The largest absolute Gasteiger partial charge is 0.444 e. The maximum Gasteiger partial charge on any atom is 0.410 e. The molecule has 0 aromatic carbocycles. The molecule has 1 saturated heterocycles. The van der Waals surface area contributed by atoms with Gasteiger partial charge >= 0.3 is 6.09 Å². The number of ether oxygens (including phenoxy) is 1. The van der Waals surface area contributed by atoms with Crippen LogP contribution in [0, 0.1) is 0 Å². The number of piperazine rings is 1. The molecular formula is C14H22N4O3. The Morgan fingerprint density at radius 2 is 2.05 bits per heavy atom. The molecule has 0 radical (unpaired) electrons. The smallest absolute Gasteiger partial charge is 0.410 e. The van der Waals surface area contributed by atoms with Crippen molar-refractivity contribution in [2.24, 2.45) is 0 Å². The number of amides is 1. The van der Waals surface area contributed by atoms with E-state index < -0.39 is 5.60 Å². The second-order valence-electron chi connectivity index (χ2n) is 6.18. The van der Waals surface area contributed by atoms with E-state index in [4.69, 9.17) is 4.74 Å². The van der Waals surface area contributed by atoms with Gasteiger partial charge in [0.15, 0.2) is 6.29 Å². The lowest BCUT2D eigenvalue weighted by atomic mass is 10.2. The number of hydrogen-bond acceptors (Lipinski definition) is 5. The summed E-state index contributed by atoms with van der Waals surface area (Å²) in [5.74, 6) is 0. The lowest BCUT2D eigenvalue weighted by Crippen LogP contribution is -2.49. The number of nitrogens with zero attached hydrogens (tertiary/aromatic N) is 3. The van der Waals surface area contributed by atoms with Gasteiger partial charge in [-0.2, -0.15) is 5.10 Å². The Balaban J connectivity index is 1.80. The SMILES string of the molecule is CC(C)(C)OC(=O)N1CCN(Cc2cc(C=O)n[nH]2)CC1. The van der Waals surface area contributed by atoms with Gasteiger partial charge in [-0.15, -0.1) is 0 Å². The lowest BCUT2D eigenvalue weighted by Gasteiger charge is -2.35. The second kappa shape index (κ2) is 6.26. The quantitative estimate of drug-likeness (QED) is 0.849. The summed E-state index contributed by atoms with van der Waals surface area (Å²) in [4.78, 5) is 26.5. The summed E-state index contributed by atoms with van der Waals surface area (Å²) < 4.78 is 5.36. The van der Waals surface area contributed by atoms with Gasteiger partial charge in [-0.3, -0.25) is 14.8 Å². The van der Waals surface area contributed by atoms with Crippen molar-refractivity contribution in [1.29, 1.82) is 0 Å². The van der Waals surface area contributed by atoms with E-state index in [0.29, 0.717) is 25.3 Å². The number of nitrogens with one attached hydrogen (secondary N) is 1. The van der Waals surface area contributed by atoms with Crippen LogP contribution >= 0.6 is 0 Å². The number of aldehydes is 1. The standard InChI is InChI=1S/C14H22N4O3/c1-14(2,3)21-13(20)18-6-4-17(5-7-18)9-11-8-12(10-19)16-15-11/h8,10H,4-7,9H2,1-3H3,(H,15,16). The highest BCUT2D eigenvalue weighted by Crippen LogP contribution is 2.13. The van der Waals surface area contributed by atoms with Crippen LogP contribution in [-0.4, -0.2) is 64.2 Å². The third-order valence-electron chi connectivity index (χ3n) is 3.19. The molecule has 116 valence electrons. The van der Waals surface area contributed by atoms with Crippen molar-refractivity contribution in [3.05, 3.63) is 17.5 Å². The van der Waals surface area contributed by atoms with Crippen molar-refractivity contribution in [2.75, 3.05) is 26.2 Å².